The number of nitrogens with zero attached hydrogens (tertiary/aromatic N) is 2. The van der Waals surface area contributed by atoms with Crippen molar-refractivity contribution in [1.29, 1.82) is 0 Å². The lowest BCUT2D eigenvalue weighted by atomic mass is 9.43. The summed E-state index contributed by atoms with van der Waals surface area (Å²) in [5.41, 5.74) is 10.3. The molecule has 8 atom stereocenters. The molecule has 4 rings (SSSR count). The highest BCUT2D eigenvalue weighted by atomic mass is 16.6. The minimum Gasteiger partial charge on any atom is -0.396 e. The Kier molecular flexibility index (Phi) is 6.79. The molecule has 0 radical (unpaired) electrons. The van der Waals surface area contributed by atoms with Gasteiger partial charge in [-0.05, 0) is 98.7 Å². The molecule has 32 heavy (non-hydrogen) atoms. The molecule has 0 bridgehead atoms. The second-order valence-corrected chi connectivity index (χ2v) is 11.6. The lowest BCUT2D eigenvalue weighted by Gasteiger charge is -2.63. The Morgan fingerprint density at radius 2 is 1.88 bits per heavy atom. The highest BCUT2D eigenvalue weighted by molar-refractivity contribution is 5.75. The summed E-state index contributed by atoms with van der Waals surface area (Å²) in [7, 11) is 0. The first kappa shape index (κ1) is 23.8. The van der Waals surface area contributed by atoms with Gasteiger partial charge in [-0.15, -0.1) is 0 Å². The van der Waals surface area contributed by atoms with Gasteiger partial charge >= 0.3 is 0 Å². The molecule has 0 aromatic carbocycles. The molecule has 0 saturated heterocycles. The number of aliphatic imine (C=N–C) groups is 1. The van der Waals surface area contributed by atoms with Crippen LogP contribution in [0.2, 0.25) is 0 Å². The standard InChI is InChI=1S/C25H44N4O3/c1-23-10-7-19(30)16-18(23)4-5-21-20(23)8-11-24(2)17(6-12-25(21,24)31)9-14-29-32-15-3-13-28-22(26)27/h14,17-21,30-31H,3-13,15-16H2,1-2H3,(H4,26,27,28)/b29-14+/t17-,18-,19+,20+,21-,23+,24-,25+/m1/s1. The molecule has 7 nitrogen and oxygen atoms in total. The maximum atomic E-state index is 12.2. The number of hydrogen-bond donors (Lipinski definition) is 4. The Morgan fingerprint density at radius 1 is 1.06 bits per heavy atom. The van der Waals surface area contributed by atoms with Crippen LogP contribution < -0.4 is 11.5 Å². The van der Waals surface area contributed by atoms with Crippen molar-refractivity contribution >= 4 is 12.2 Å². The third-order valence-corrected chi connectivity index (χ3v) is 10.2. The maximum absolute atomic E-state index is 12.2. The van der Waals surface area contributed by atoms with E-state index in [1.54, 1.807) is 0 Å². The third-order valence-electron chi connectivity index (χ3n) is 10.2. The molecule has 0 heterocycles. The van der Waals surface area contributed by atoms with E-state index in [9.17, 15) is 10.2 Å². The topological polar surface area (TPSA) is 126 Å². The van der Waals surface area contributed by atoms with E-state index in [0.29, 0.717) is 36.8 Å². The van der Waals surface area contributed by atoms with Crippen LogP contribution in [0.4, 0.5) is 0 Å². The summed E-state index contributed by atoms with van der Waals surface area (Å²) in [5, 5.41) is 26.6. The van der Waals surface area contributed by atoms with Gasteiger partial charge in [-0.2, -0.15) is 0 Å². The molecule has 6 N–H and O–H groups in total. The number of nitrogens with two attached hydrogens (primary N) is 2. The van der Waals surface area contributed by atoms with Crippen LogP contribution in [0.1, 0.15) is 84.5 Å². The number of hydrogen-bond acceptors (Lipinski definition) is 5. The average molecular weight is 449 g/mol. The SMILES string of the molecule is C[C@]12CC[C@H](O)C[C@H]1CC[C@@H]1[C@@H]2CC[C@]2(C)[C@@H](C/C=N/OCCCN=C(N)N)CC[C@]12O. The Morgan fingerprint density at radius 3 is 2.66 bits per heavy atom. The Bertz CT molecular complexity index is 726. The lowest BCUT2D eigenvalue weighted by molar-refractivity contribution is -0.209. The molecular formula is C25H44N4O3. The number of aliphatic hydroxyl groups is 2. The van der Waals surface area contributed by atoms with Crippen molar-refractivity contribution in [3.8, 4) is 0 Å². The zero-order chi connectivity index (χ0) is 23.0. The molecule has 0 aliphatic heterocycles. The smallest absolute Gasteiger partial charge is 0.185 e. The Balaban J connectivity index is 1.36. The predicted molar refractivity (Wildman–Crippen MR) is 127 cm³/mol. The van der Waals surface area contributed by atoms with E-state index < -0.39 is 5.60 Å². The molecule has 182 valence electrons. The highest BCUT2D eigenvalue weighted by Gasteiger charge is 2.66. The zero-order valence-electron chi connectivity index (χ0n) is 20.0. The Labute approximate surface area is 193 Å². The normalized spacial score (nSPS) is 45.7. The molecule has 0 aromatic heterocycles. The molecule has 0 amide bonds. The summed E-state index contributed by atoms with van der Waals surface area (Å²) in [6.07, 6.45) is 12.9. The van der Waals surface area contributed by atoms with Gasteiger partial charge in [-0.25, -0.2) is 0 Å². The van der Waals surface area contributed by atoms with Crippen LogP contribution in [0.25, 0.3) is 0 Å². The fourth-order valence-electron chi connectivity index (χ4n) is 8.30. The van der Waals surface area contributed by atoms with Crippen molar-refractivity contribution in [2.45, 2.75) is 96.2 Å². The van der Waals surface area contributed by atoms with Crippen LogP contribution >= 0.6 is 0 Å². The van der Waals surface area contributed by atoms with E-state index >= 15 is 0 Å². The minimum absolute atomic E-state index is 0.0507. The lowest BCUT2D eigenvalue weighted by Crippen LogP contribution is -2.62. The number of fused-ring (bicyclic) bond motifs is 5. The number of oxime groups is 1. The van der Waals surface area contributed by atoms with Crippen molar-refractivity contribution in [3.05, 3.63) is 0 Å². The summed E-state index contributed by atoms with van der Waals surface area (Å²) < 4.78 is 0. The first-order valence-corrected chi connectivity index (χ1v) is 12.8. The second kappa shape index (κ2) is 9.13. The average Bonchev–Trinajstić information content (AvgIpc) is 3.01. The van der Waals surface area contributed by atoms with Gasteiger partial charge in [0.2, 0.25) is 0 Å². The van der Waals surface area contributed by atoms with Gasteiger partial charge in [-0.3, -0.25) is 4.99 Å². The third kappa shape index (κ3) is 4.04. The minimum atomic E-state index is -0.570. The predicted octanol–water partition coefficient (Wildman–Crippen LogP) is 3.18. The monoisotopic (exact) mass is 448 g/mol. The quantitative estimate of drug-likeness (QED) is 0.206. The van der Waals surface area contributed by atoms with E-state index in [4.69, 9.17) is 16.3 Å². The molecule has 4 fully saturated rings. The molecule has 4 aliphatic rings. The largest absolute Gasteiger partial charge is 0.396 e. The Hall–Kier alpha value is -1.34. The van der Waals surface area contributed by atoms with E-state index in [-0.39, 0.29) is 22.9 Å². The maximum Gasteiger partial charge on any atom is 0.185 e. The van der Waals surface area contributed by atoms with E-state index in [1.807, 2.05) is 6.21 Å². The molecule has 0 unspecified atom stereocenters. The molecular weight excluding hydrogens is 404 g/mol. The zero-order valence-corrected chi connectivity index (χ0v) is 20.0. The first-order chi connectivity index (χ1) is 15.2. The van der Waals surface area contributed by atoms with Gasteiger partial charge in [0, 0.05) is 19.2 Å². The molecule has 0 spiro atoms. The fraction of sp³-hybridized carbons (Fsp3) is 0.920. The van der Waals surface area contributed by atoms with Crippen LogP contribution in [0.3, 0.4) is 0 Å². The fourth-order valence-corrected chi connectivity index (χ4v) is 8.30. The number of rotatable bonds is 7. The van der Waals surface area contributed by atoms with Gasteiger partial charge < -0.3 is 26.5 Å². The molecule has 7 heteroatoms. The van der Waals surface area contributed by atoms with Crippen molar-refractivity contribution in [2.24, 2.45) is 56.1 Å². The number of guanidine groups is 1. The van der Waals surface area contributed by atoms with Crippen LogP contribution in [-0.2, 0) is 4.84 Å². The summed E-state index contributed by atoms with van der Waals surface area (Å²) in [6, 6.07) is 0. The summed E-state index contributed by atoms with van der Waals surface area (Å²) >= 11 is 0. The van der Waals surface area contributed by atoms with Gasteiger partial charge in [0.25, 0.3) is 0 Å². The molecule has 0 aromatic rings. The van der Waals surface area contributed by atoms with Gasteiger partial charge in [0.15, 0.2) is 5.96 Å². The van der Waals surface area contributed by atoms with Crippen LogP contribution in [0.15, 0.2) is 10.1 Å². The van der Waals surface area contributed by atoms with Crippen molar-refractivity contribution in [2.75, 3.05) is 13.2 Å². The van der Waals surface area contributed by atoms with Crippen molar-refractivity contribution < 1.29 is 15.1 Å². The molecule has 4 aliphatic carbocycles. The van der Waals surface area contributed by atoms with Crippen LogP contribution in [-0.4, -0.2) is 47.2 Å². The van der Waals surface area contributed by atoms with Crippen LogP contribution in [0, 0.1) is 34.5 Å². The summed E-state index contributed by atoms with van der Waals surface area (Å²) in [6.45, 7) is 5.85. The number of aliphatic hydroxyl groups excluding tert-OH is 1. The van der Waals surface area contributed by atoms with E-state index in [2.05, 4.69) is 24.0 Å². The summed E-state index contributed by atoms with van der Waals surface area (Å²) in [5.74, 6) is 2.16. The van der Waals surface area contributed by atoms with E-state index in [0.717, 1.165) is 64.2 Å². The van der Waals surface area contributed by atoms with Crippen LogP contribution in [0.5, 0.6) is 0 Å². The van der Waals surface area contributed by atoms with Gasteiger partial charge in [-0.1, -0.05) is 19.0 Å². The van der Waals surface area contributed by atoms with Gasteiger partial charge in [0.1, 0.15) is 6.61 Å². The van der Waals surface area contributed by atoms with Crippen molar-refractivity contribution in [1.82, 2.24) is 0 Å². The highest BCUT2D eigenvalue weighted by Crippen LogP contribution is 2.69. The first-order valence-electron chi connectivity index (χ1n) is 12.8. The van der Waals surface area contributed by atoms with Gasteiger partial charge in [0.05, 0.1) is 11.7 Å². The second-order valence-electron chi connectivity index (χ2n) is 11.6. The van der Waals surface area contributed by atoms with E-state index in [1.165, 1.54) is 6.42 Å². The summed E-state index contributed by atoms with van der Waals surface area (Å²) in [4.78, 5) is 9.31. The van der Waals surface area contributed by atoms with Crippen molar-refractivity contribution in [3.63, 3.8) is 0 Å². The molecule has 4 saturated carbocycles.